The highest BCUT2D eigenvalue weighted by Crippen LogP contribution is 2.32. The standard InChI is InChI=1S/C52H61N9O5/c1-33-11-15-39(56-40-31-53-32-40)29-44(33)50(64)55-34(2)41-16-14-37(42-8-4-5-9-43(41)42)13-12-35-19-24-59(25-20-35)23-7-6-10-48(63)60-26-21-36(22-27-60)38-28-46-49(54-30-38)61(52(66)58(46)3)45-17-18-47(62)57-51(45)65/h4-5,8-9,11,14-16,28-30,34-36,40,45,53,56H,6-7,10,17-27,31-32H2,1-3H3,(H,55,64)(H,57,62,65)/t34-,45?/m1/s1. The minimum absolute atomic E-state index is 0.0820. The number of aryl methyl sites for hydroxylation is 2. The number of nitrogens with one attached hydrogen (secondary N) is 4. The molecule has 14 nitrogen and oxygen atoms in total. The van der Waals surface area contributed by atoms with Gasteiger partial charge in [-0.3, -0.25) is 33.6 Å². The van der Waals surface area contributed by atoms with E-state index in [1.165, 1.54) is 9.13 Å². The smallest absolute Gasteiger partial charge is 0.330 e. The molecule has 0 radical (unpaired) electrons. The minimum Gasteiger partial charge on any atom is -0.380 e. The van der Waals surface area contributed by atoms with Crippen LogP contribution in [0.4, 0.5) is 5.69 Å². The van der Waals surface area contributed by atoms with Gasteiger partial charge in [0, 0.05) is 75.0 Å². The van der Waals surface area contributed by atoms with Crippen molar-refractivity contribution in [3.8, 4) is 11.8 Å². The lowest BCUT2D eigenvalue weighted by Crippen LogP contribution is -2.51. The average molecular weight is 892 g/mol. The highest BCUT2D eigenvalue weighted by Gasteiger charge is 2.33. The largest absolute Gasteiger partial charge is 0.380 e. The molecule has 66 heavy (non-hydrogen) atoms. The third-order valence-corrected chi connectivity index (χ3v) is 14.3. The first-order chi connectivity index (χ1) is 32.0. The summed E-state index contributed by atoms with van der Waals surface area (Å²) in [6, 6.07) is 20.0. The number of benzene rings is 3. The Morgan fingerprint density at radius 2 is 1.68 bits per heavy atom. The van der Waals surface area contributed by atoms with Crippen molar-refractivity contribution in [1.82, 2.24) is 39.9 Å². The summed E-state index contributed by atoms with van der Waals surface area (Å²) >= 11 is 0. The number of carbonyl (C=O) groups excluding carboxylic acids is 4. The molecule has 4 N–H and O–H groups in total. The van der Waals surface area contributed by atoms with Gasteiger partial charge in [-0.2, -0.15) is 0 Å². The van der Waals surface area contributed by atoms with E-state index in [0.717, 1.165) is 110 Å². The summed E-state index contributed by atoms with van der Waals surface area (Å²) in [5.74, 6) is 7.02. The molecule has 4 amide bonds. The molecule has 4 aliphatic rings. The van der Waals surface area contributed by atoms with Crippen molar-refractivity contribution in [1.29, 1.82) is 0 Å². The number of piperidine rings is 3. The van der Waals surface area contributed by atoms with Gasteiger partial charge in [-0.05, 0) is 136 Å². The number of fused-ring (bicyclic) bond motifs is 2. The maximum Gasteiger partial charge on any atom is 0.330 e. The Morgan fingerprint density at radius 1 is 0.909 bits per heavy atom. The molecular formula is C52H61N9O5. The Bertz CT molecular complexity index is 2780. The first kappa shape index (κ1) is 44.9. The summed E-state index contributed by atoms with van der Waals surface area (Å²) in [4.78, 5) is 73.4. The molecule has 0 saturated carbocycles. The number of pyridine rings is 1. The molecular weight excluding hydrogens is 831 g/mol. The van der Waals surface area contributed by atoms with Gasteiger partial charge in [-0.25, -0.2) is 9.78 Å². The number of imide groups is 1. The van der Waals surface area contributed by atoms with Gasteiger partial charge in [0.25, 0.3) is 5.91 Å². The number of likely N-dealkylation sites (tertiary alicyclic amines) is 2. The van der Waals surface area contributed by atoms with Gasteiger partial charge in [-0.15, -0.1) is 0 Å². The number of hydrogen-bond donors (Lipinski definition) is 4. The molecule has 2 aromatic heterocycles. The highest BCUT2D eigenvalue weighted by molar-refractivity contribution is 6.00. The van der Waals surface area contributed by atoms with E-state index in [9.17, 15) is 24.0 Å². The predicted molar refractivity (Wildman–Crippen MR) is 256 cm³/mol. The second-order valence-electron chi connectivity index (χ2n) is 18.8. The average Bonchev–Trinajstić information content (AvgIpc) is 3.56. The fourth-order valence-electron chi connectivity index (χ4n) is 10.1. The minimum atomic E-state index is -0.765. The molecule has 4 fully saturated rings. The predicted octanol–water partition coefficient (Wildman–Crippen LogP) is 5.69. The quantitative estimate of drug-likeness (QED) is 0.0701. The Labute approximate surface area is 385 Å². The summed E-state index contributed by atoms with van der Waals surface area (Å²) in [6.07, 6.45) is 8.35. The molecule has 2 atom stereocenters. The normalized spacial score (nSPS) is 19.3. The number of aromatic nitrogens is 3. The molecule has 4 saturated heterocycles. The zero-order valence-electron chi connectivity index (χ0n) is 38.3. The van der Waals surface area contributed by atoms with E-state index in [2.05, 4.69) is 73.3 Å². The molecule has 344 valence electrons. The summed E-state index contributed by atoms with van der Waals surface area (Å²) < 4.78 is 2.93. The van der Waals surface area contributed by atoms with E-state index in [1.54, 1.807) is 13.2 Å². The third kappa shape index (κ3) is 9.64. The lowest BCUT2D eigenvalue weighted by Gasteiger charge is -2.32. The van der Waals surface area contributed by atoms with Crippen LogP contribution in [-0.2, 0) is 21.4 Å². The molecule has 0 spiro atoms. The van der Waals surface area contributed by atoms with E-state index >= 15 is 0 Å². The zero-order valence-corrected chi connectivity index (χ0v) is 38.3. The van der Waals surface area contributed by atoms with Crippen LogP contribution in [0.5, 0.6) is 0 Å². The third-order valence-electron chi connectivity index (χ3n) is 14.3. The van der Waals surface area contributed by atoms with E-state index in [1.807, 2.05) is 49.1 Å². The SMILES string of the molecule is Cc1ccc(NC2CNC2)cc1C(=O)N[C@H](C)c1ccc(C#CC2CCN(CCCCC(=O)N3CCC(c4cnc5c(c4)n(C)c(=O)n5C4CCC(=O)NC4=O)CC3)CC2)c2ccccc12. The molecule has 9 rings (SSSR count). The number of carbonyl (C=O) groups is 4. The van der Waals surface area contributed by atoms with Crippen molar-refractivity contribution in [2.45, 2.75) is 95.7 Å². The second-order valence-corrected chi connectivity index (χ2v) is 18.8. The fraction of sp³-hybridized carbons (Fsp3) is 0.462. The van der Waals surface area contributed by atoms with E-state index in [4.69, 9.17) is 0 Å². The number of nitrogens with zero attached hydrogens (tertiary/aromatic N) is 5. The number of unbranched alkanes of at least 4 members (excludes halogenated alkanes) is 1. The van der Waals surface area contributed by atoms with Gasteiger partial charge >= 0.3 is 5.69 Å². The molecule has 1 unspecified atom stereocenters. The summed E-state index contributed by atoms with van der Waals surface area (Å²) in [5, 5.41) is 14.6. The summed E-state index contributed by atoms with van der Waals surface area (Å²) in [5.41, 5.74) is 6.47. The number of anilines is 1. The van der Waals surface area contributed by atoms with Gasteiger partial charge in [0.15, 0.2) is 5.65 Å². The Kier molecular flexibility index (Phi) is 13.4. The Morgan fingerprint density at radius 3 is 2.42 bits per heavy atom. The Hall–Kier alpha value is -6.30. The topological polar surface area (TPSA) is 163 Å². The second kappa shape index (κ2) is 19.7. The molecule has 4 aliphatic heterocycles. The van der Waals surface area contributed by atoms with Crippen molar-refractivity contribution < 1.29 is 19.2 Å². The van der Waals surface area contributed by atoms with Crippen molar-refractivity contribution >= 4 is 51.3 Å². The maximum absolute atomic E-state index is 13.5. The molecule has 0 bridgehead atoms. The zero-order chi connectivity index (χ0) is 45.9. The summed E-state index contributed by atoms with van der Waals surface area (Å²) in [7, 11) is 1.68. The highest BCUT2D eigenvalue weighted by atomic mass is 16.2. The van der Waals surface area contributed by atoms with Crippen molar-refractivity contribution in [2.75, 3.05) is 51.1 Å². The van der Waals surface area contributed by atoms with Crippen LogP contribution in [0.1, 0.15) is 115 Å². The molecule has 6 heterocycles. The van der Waals surface area contributed by atoms with Gasteiger partial charge in [0.1, 0.15) is 6.04 Å². The first-order valence-electron chi connectivity index (χ1n) is 23.8. The van der Waals surface area contributed by atoms with Crippen molar-refractivity contribution in [3.05, 3.63) is 105 Å². The van der Waals surface area contributed by atoms with Crippen LogP contribution < -0.4 is 27.0 Å². The number of hydrogen-bond acceptors (Lipinski definition) is 9. The number of rotatable bonds is 12. The monoisotopic (exact) mass is 891 g/mol. The summed E-state index contributed by atoms with van der Waals surface area (Å²) in [6.45, 7) is 10.3. The number of imidazole rings is 1. The first-order valence-corrected chi connectivity index (χ1v) is 23.8. The maximum atomic E-state index is 13.5. The lowest BCUT2D eigenvalue weighted by molar-refractivity contribution is -0.136. The van der Waals surface area contributed by atoms with Crippen LogP contribution in [0.25, 0.3) is 21.9 Å². The molecule has 14 heteroatoms. The van der Waals surface area contributed by atoms with Crippen LogP contribution in [-0.4, -0.2) is 99.4 Å². The van der Waals surface area contributed by atoms with Gasteiger partial charge < -0.3 is 25.8 Å². The fourth-order valence-corrected chi connectivity index (χ4v) is 10.1. The molecule has 5 aromatic rings. The van der Waals surface area contributed by atoms with Gasteiger partial charge in [0.2, 0.25) is 17.7 Å². The number of amides is 4. The van der Waals surface area contributed by atoms with Crippen LogP contribution in [0.15, 0.2) is 71.7 Å². The molecule has 3 aromatic carbocycles. The van der Waals surface area contributed by atoms with Crippen molar-refractivity contribution in [3.63, 3.8) is 0 Å². The Balaban J connectivity index is 0.713. The molecule has 0 aliphatic carbocycles. The van der Waals surface area contributed by atoms with Crippen LogP contribution >= 0.6 is 0 Å². The van der Waals surface area contributed by atoms with Crippen LogP contribution in [0.3, 0.4) is 0 Å². The van der Waals surface area contributed by atoms with E-state index in [0.29, 0.717) is 48.2 Å². The van der Waals surface area contributed by atoms with Crippen LogP contribution in [0, 0.1) is 24.7 Å². The van der Waals surface area contributed by atoms with Crippen LogP contribution in [0.2, 0.25) is 0 Å². The van der Waals surface area contributed by atoms with Gasteiger partial charge in [-0.1, -0.05) is 48.2 Å². The van der Waals surface area contributed by atoms with Gasteiger partial charge in [0.05, 0.1) is 17.6 Å². The van der Waals surface area contributed by atoms with Crippen molar-refractivity contribution in [2.24, 2.45) is 13.0 Å². The van der Waals surface area contributed by atoms with E-state index in [-0.39, 0.29) is 48.2 Å². The van der Waals surface area contributed by atoms with E-state index < -0.39 is 11.9 Å². The lowest BCUT2D eigenvalue weighted by atomic mass is 9.90.